The number of fused-ring (bicyclic) bond motifs is 2. The van der Waals surface area contributed by atoms with Crippen LogP contribution in [0.5, 0.6) is 17.4 Å². The van der Waals surface area contributed by atoms with Crippen LogP contribution in [0, 0.1) is 0 Å². The van der Waals surface area contributed by atoms with Gasteiger partial charge in [-0.05, 0) is 50.4 Å². The van der Waals surface area contributed by atoms with Crippen LogP contribution in [0.3, 0.4) is 0 Å². The summed E-state index contributed by atoms with van der Waals surface area (Å²) in [7, 11) is -3.32. The van der Waals surface area contributed by atoms with Crippen LogP contribution in [0.15, 0.2) is 42.6 Å². The summed E-state index contributed by atoms with van der Waals surface area (Å²) in [4.78, 5) is 19.3. The van der Waals surface area contributed by atoms with Crippen LogP contribution in [0.4, 0.5) is 0 Å². The summed E-state index contributed by atoms with van der Waals surface area (Å²) in [5, 5.41) is 2.80. The zero-order chi connectivity index (χ0) is 25.2. The number of ether oxygens (including phenoxy) is 2. The van der Waals surface area contributed by atoms with Crippen molar-refractivity contribution >= 4 is 15.9 Å². The Morgan fingerprint density at radius 2 is 1.69 bits per heavy atom. The predicted molar refractivity (Wildman–Crippen MR) is 138 cm³/mol. The molecule has 3 heterocycles. The Balaban J connectivity index is 1.41. The Bertz CT molecular complexity index is 1110. The van der Waals surface area contributed by atoms with Gasteiger partial charge in [0.1, 0.15) is 0 Å². The Labute approximate surface area is 213 Å². The molecule has 0 unspecified atom stereocenters. The van der Waals surface area contributed by atoms with Gasteiger partial charge in [0, 0.05) is 37.9 Å². The topological polar surface area (TPSA) is 101 Å². The first-order chi connectivity index (χ1) is 17.5. The van der Waals surface area contributed by atoms with E-state index in [1.54, 1.807) is 6.20 Å². The fourth-order valence-corrected chi connectivity index (χ4v) is 5.93. The zero-order valence-electron chi connectivity index (χ0n) is 20.7. The number of nitrogens with one attached hydrogen (secondary N) is 1. The van der Waals surface area contributed by atoms with Gasteiger partial charge in [0.05, 0.1) is 18.9 Å². The maximum Gasteiger partial charge on any atom is 0.234 e. The largest absolute Gasteiger partial charge is 0.490 e. The molecule has 9 nitrogen and oxygen atoms in total. The van der Waals surface area contributed by atoms with E-state index in [2.05, 4.69) is 15.2 Å². The van der Waals surface area contributed by atoms with Gasteiger partial charge in [-0.1, -0.05) is 31.0 Å². The fraction of sp³-hybridized carbons (Fsp3) is 0.538. The molecule has 2 aliphatic heterocycles. The number of amides is 1. The summed E-state index contributed by atoms with van der Waals surface area (Å²) in [5.41, 5.74) is 0.869. The third kappa shape index (κ3) is 7.65. The number of rotatable bonds is 6. The van der Waals surface area contributed by atoms with Crippen molar-refractivity contribution in [2.45, 2.75) is 45.1 Å². The second-order valence-electron chi connectivity index (χ2n) is 9.26. The molecule has 1 N–H and O–H groups in total. The molecular weight excluding hydrogens is 480 g/mol. The van der Waals surface area contributed by atoms with Crippen LogP contribution >= 0.6 is 0 Å². The molecule has 1 amide bonds. The molecule has 36 heavy (non-hydrogen) atoms. The van der Waals surface area contributed by atoms with Crippen molar-refractivity contribution in [2.24, 2.45) is 0 Å². The van der Waals surface area contributed by atoms with Crippen LogP contribution in [-0.2, 0) is 21.4 Å². The number of hydrogen-bond acceptors (Lipinski definition) is 7. The summed E-state index contributed by atoms with van der Waals surface area (Å²) in [6.07, 6.45) is 7.45. The SMILES string of the molecule is O=C(CN1CCCCCCOc2ccccc2Oc2ncccc2C1)NCCS(=O)(=O)N1CCCC1. The quantitative estimate of drug-likeness (QED) is 0.629. The third-order valence-corrected chi connectivity index (χ3v) is 8.31. The predicted octanol–water partition coefficient (Wildman–Crippen LogP) is 3.17. The van der Waals surface area contributed by atoms with Gasteiger partial charge < -0.3 is 14.8 Å². The number of pyridine rings is 1. The lowest BCUT2D eigenvalue weighted by Gasteiger charge is -2.23. The third-order valence-electron chi connectivity index (χ3n) is 6.43. The molecule has 2 aliphatic rings. The number of para-hydroxylation sites is 2. The molecular formula is C26H36N4O5S. The number of aromatic nitrogens is 1. The Morgan fingerprint density at radius 3 is 2.53 bits per heavy atom. The van der Waals surface area contributed by atoms with Crippen LogP contribution < -0.4 is 14.8 Å². The van der Waals surface area contributed by atoms with Gasteiger partial charge in [-0.3, -0.25) is 9.69 Å². The second-order valence-corrected chi connectivity index (χ2v) is 11.4. The Hall–Kier alpha value is -2.69. The van der Waals surface area contributed by atoms with Crippen molar-refractivity contribution in [3.8, 4) is 17.4 Å². The minimum atomic E-state index is -3.32. The number of nitrogens with zero attached hydrogens (tertiary/aromatic N) is 3. The van der Waals surface area contributed by atoms with Crippen molar-refractivity contribution in [1.82, 2.24) is 19.5 Å². The van der Waals surface area contributed by atoms with Gasteiger partial charge in [-0.25, -0.2) is 17.7 Å². The zero-order valence-corrected chi connectivity index (χ0v) is 21.5. The number of carbonyl (C=O) groups is 1. The summed E-state index contributed by atoms with van der Waals surface area (Å²) in [5.74, 6) is 1.52. The maximum absolute atomic E-state index is 12.7. The first kappa shape index (κ1) is 26.4. The smallest absolute Gasteiger partial charge is 0.234 e. The highest BCUT2D eigenvalue weighted by molar-refractivity contribution is 7.89. The van der Waals surface area contributed by atoms with Crippen molar-refractivity contribution < 1.29 is 22.7 Å². The molecule has 0 spiro atoms. The molecule has 0 aliphatic carbocycles. The summed E-state index contributed by atoms with van der Waals surface area (Å²) >= 11 is 0. The molecule has 0 radical (unpaired) electrons. The van der Waals surface area contributed by atoms with Gasteiger partial charge in [0.2, 0.25) is 21.8 Å². The van der Waals surface area contributed by atoms with E-state index in [1.807, 2.05) is 36.4 Å². The molecule has 1 aromatic heterocycles. The number of benzene rings is 1. The van der Waals surface area contributed by atoms with Crippen LogP contribution in [0.25, 0.3) is 0 Å². The van der Waals surface area contributed by atoms with Crippen molar-refractivity contribution in [1.29, 1.82) is 0 Å². The monoisotopic (exact) mass is 516 g/mol. The molecule has 2 aromatic rings. The van der Waals surface area contributed by atoms with E-state index in [-0.39, 0.29) is 24.7 Å². The van der Waals surface area contributed by atoms with Crippen molar-refractivity contribution in [3.05, 3.63) is 48.2 Å². The van der Waals surface area contributed by atoms with Crippen molar-refractivity contribution in [3.63, 3.8) is 0 Å². The first-order valence-electron chi connectivity index (χ1n) is 12.8. The lowest BCUT2D eigenvalue weighted by Crippen LogP contribution is -2.41. The van der Waals surface area contributed by atoms with E-state index in [0.717, 1.165) is 50.6 Å². The van der Waals surface area contributed by atoms with E-state index in [0.29, 0.717) is 43.6 Å². The van der Waals surface area contributed by atoms with Gasteiger partial charge in [0.25, 0.3) is 0 Å². The molecule has 0 saturated carbocycles. The van der Waals surface area contributed by atoms with Gasteiger partial charge >= 0.3 is 0 Å². The van der Waals surface area contributed by atoms with Crippen molar-refractivity contribution in [2.75, 3.05) is 45.1 Å². The molecule has 4 rings (SSSR count). The van der Waals surface area contributed by atoms with E-state index < -0.39 is 10.0 Å². The minimum Gasteiger partial charge on any atom is -0.490 e. The highest BCUT2D eigenvalue weighted by Crippen LogP contribution is 2.32. The highest BCUT2D eigenvalue weighted by atomic mass is 32.2. The normalized spacial score (nSPS) is 18.2. The molecule has 1 fully saturated rings. The average Bonchev–Trinajstić information content (AvgIpc) is 3.41. The highest BCUT2D eigenvalue weighted by Gasteiger charge is 2.25. The molecule has 0 bridgehead atoms. The molecule has 1 saturated heterocycles. The fourth-order valence-electron chi connectivity index (χ4n) is 4.50. The average molecular weight is 517 g/mol. The van der Waals surface area contributed by atoms with Crippen LogP contribution in [0.2, 0.25) is 0 Å². The lowest BCUT2D eigenvalue weighted by molar-refractivity contribution is -0.122. The van der Waals surface area contributed by atoms with Gasteiger partial charge in [-0.2, -0.15) is 0 Å². The van der Waals surface area contributed by atoms with E-state index >= 15 is 0 Å². The standard InChI is InChI=1S/C26H36N4O5S/c31-25(27-14-19-36(32,33)30-16-6-7-17-30)21-29-15-5-1-2-8-18-34-23-11-3-4-12-24(23)35-26-22(20-29)10-9-13-28-26/h3-4,9-13H,1-2,5-8,14-21H2,(H,27,31). The molecule has 1 aromatic carbocycles. The number of carbonyl (C=O) groups excluding carboxylic acids is 1. The Kier molecular flexibility index (Phi) is 9.54. The maximum atomic E-state index is 12.7. The van der Waals surface area contributed by atoms with E-state index in [1.165, 1.54) is 4.31 Å². The summed E-state index contributed by atoms with van der Waals surface area (Å²) in [6, 6.07) is 11.4. The van der Waals surface area contributed by atoms with Crippen LogP contribution in [-0.4, -0.2) is 73.6 Å². The Morgan fingerprint density at radius 1 is 0.944 bits per heavy atom. The molecule has 0 atom stereocenters. The minimum absolute atomic E-state index is 0.0686. The van der Waals surface area contributed by atoms with Gasteiger partial charge in [0.15, 0.2) is 11.5 Å². The van der Waals surface area contributed by atoms with Crippen LogP contribution in [0.1, 0.15) is 44.1 Å². The molecule has 196 valence electrons. The molecule has 10 heteroatoms. The van der Waals surface area contributed by atoms with E-state index in [4.69, 9.17) is 9.47 Å². The second kappa shape index (κ2) is 13.0. The number of hydrogen-bond donors (Lipinski definition) is 1. The number of sulfonamides is 1. The summed E-state index contributed by atoms with van der Waals surface area (Å²) in [6.45, 7) is 3.30. The summed E-state index contributed by atoms with van der Waals surface area (Å²) < 4.78 is 38.5. The van der Waals surface area contributed by atoms with Gasteiger partial charge in [-0.15, -0.1) is 0 Å². The first-order valence-corrected chi connectivity index (χ1v) is 14.4. The van der Waals surface area contributed by atoms with E-state index in [9.17, 15) is 13.2 Å². The lowest BCUT2D eigenvalue weighted by atomic mass is 10.1.